The molecule has 0 bridgehead atoms. The van der Waals surface area contributed by atoms with Gasteiger partial charge in [-0.25, -0.2) is 9.18 Å². The summed E-state index contributed by atoms with van der Waals surface area (Å²) in [7, 11) is 0. The Balaban J connectivity index is 2.31. The van der Waals surface area contributed by atoms with E-state index in [-0.39, 0.29) is 17.7 Å². The van der Waals surface area contributed by atoms with Gasteiger partial charge in [0.1, 0.15) is 22.9 Å². The Morgan fingerprint density at radius 1 is 1.08 bits per heavy atom. The molecule has 9 heteroatoms. The molecule has 0 aliphatic carbocycles. The van der Waals surface area contributed by atoms with Crippen molar-refractivity contribution in [1.82, 2.24) is 0 Å². The number of hydrogen-bond acceptors (Lipinski definition) is 5. The third-order valence-electron chi connectivity index (χ3n) is 3.16. The topological polar surface area (TPSA) is 72.8 Å². The van der Waals surface area contributed by atoms with Crippen molar-refractivity contribution < 1.29 is 41.7 Å². The minimum Gasteiger partial charge on any atom is -0.507 e. The number of hydrogen-bond donors (Lipinski definition) is 1. The molecule has 5 nitrogen and oxygen atoms in total. The van der Waals surface area contributed by atoms with Crippen LogP contribution in [0.2, 0.25) is 0 Å². The van der Waals surface area contributed by atoms with Gasteiger partial charge in [0.15, 0.2) is 5.78 Å². The molecular formula is C17H12F4O5. The van der Waals surface area contributed by atoms with Crippen LogP contribution in [0.5, 0.6) is 11.5 Å². The van der Waals surface area contributed by atoms with Crippen LogP contribution in [0, 0.1) is 5.82 Å². The van der Waals surface area contributed by atoms with E-state index in [2.05, 4.69) is 9.47 Å². The average molecular weight is 372 g/mol. The number of alkyl halides is 3. The maximum absolute atomic E-state index is 14.2. The van der Waals surface area contributed by atoms with E-state index in [9.17, 15) is 32.3 Å². The van der Waals surface area contributed by atoms with Gasteiger partial charge in [-0.05, 0) is 43.3 Å². The van der Waals surface area contributed by atoms with E-state index in [1.54, 1.807) is 0 Å². The van der Waals surface area contributed by atoms with Crippen LogP contribution >= 0.6 is 0 Å². The molecule has 0 spiro atoms. The van der Waals surface area contributed by atoms with Crippen LogP contribution in [-0.2, 0) is 4.74 Å². The van der Waals surface area contributed by atoms with E-state index in [0.717, 1.165) is 36.4 Å². The zero-order chi connectivity index (χ0) is 19.5. The van der Waals surface area contributed by atoms with Gasteiger partial charge in [0.25, 0.3) is 0 Å². The first kappa shape index (κ1) is 19.2. The predicted octanol–water partition coefficient (Wildman–Crippen LogP) is 3.84. The molecule has 2 aromatic carbocycles. The number of carbonyl (C=O) groups is 2. The molecule has 1 N–H and O–H groups in total. The first-order valence-corrected chi connectivity index (χ1v) is 7.22. The molecule has 0 aromatic heterocycles. The van der Waals surface area contributed by atoms with Crippen molar-refractivity contribution in [2.45, 2.75) is 13.3 Å². The van der Waals surface area contributed by atoms with Crippen LogP contribution in [0.15, 0.2) is 36.4 Å². The number of phenolic OH excluding ortho intramolecular Hbond substituents is 1. The van der Waals surface area contributed by atoms with Crippen LogP contribution in [-0.4, -0.2) is 29.8 Å². The number of ketones is 1. The molecular weight excluding hydrogens is 360 g/mol. The van der Waals surface area contributed by atoms with Gasteiger partial charge >= 0.3 is 12.3 Å². The highest BCUT2D eigenvalue weighted by Gasteiger charge is 2.31. The highest BCUT2D eigenvalue weighted by molar-refractivity contribution is 6.11. The summed E-state index contributed by atoms with van der Waals surface area (Å²) >= 11 is 0. The Morgan fingerprint density at radius 3 is 2.19 bits per heavy atom. The van der Waals surface area contributed by atoms with Crippen molar-refractivity contribution in [3.05, 3.63) is 58.9 Å². The molecule has 2 rings (SSSR count). The van der Waals surface area contributed by atoms with E-state index in [1.165, 1.54) is 6.92 Å². The Morgan fingerprint density at radius 2 is 1.69 bits per heavy atom. The highest BCUT2D eigenvalue weighted by Crippen LogP contribution is 2.28. The second-order valence-electron chi connectivity index (χ2n) is 4.97. The lowest BCUT2D eigenvalue weighted by Crippen LogP contribution is -2.17. The number of halogens is 4. The van der Waals surface area contributed by atoms with Gasteiger partial charge in [0.05, 0.1) is 12.2 Å². The zero-order valence-electron chi connectivity index (χ0n) is 13.3. The first-order chi connectivity index (χ1) is 12.1. The lowest BCUT2D eigenvalue weighted by molar-refractivity contribution is -0.274. The van der Waals surface area contributed by atoms with Gasteiger partial charge in [-0.2, -0.15) is 0 Å². The fraction of sp³-hybridized carbons (Fsp3) is 0.176. The molecule has 0 heterocycles. The van der Waals surface area contributed by atoms with Gasteiger partial charge in [-0.3, -0.25) is 4.79 Å². The number of ether oxygens (including phenoxy) is 2. The minimum absolute atomic E-state index is 0.0360. The lowest BCUT2D eigenvalue weighted by Gasteiger charge is -2.10. The Labute approximate surface area is 144 Å². The molecule has 0 saturated carbocycles. The molecule has 0 radical (unpaired) electrons. The summed E-state index contributed by atoms with van der Waals surface area (Å²) in [5, 5.41) is 9.89. The molecule has 0 fully saturated rings. The van der Waals surface area contributed by atoms with Crippen molar-refractivity contribution in [3.8, 4) is 11.5 Å². The summed E-state index contributed by atoms with van der Waals surface area (Å²) in [5.41, 5.74) is -1.19. The maximum Gasteiger partial charge on any atom is 0.573 e. The van der Waals surface area contributed by atoms with Gasteiger partial charge in [0.2, 0.25) is 0 Å². The quantitative estimate of drug-likeness (QED) is 0.491. The van der Waals surface area contributed by atoms with E-state index >= 15 is 0 Å². The number of esters is 1. The smallest absolute Gasteiger partial charge is 0.507 e. The van der Waals surface area contributed by atoms with Crippen LogP contribution < -0.4 is 4.74 Å². The van der Waals surface area contributed by atoms with Crippen molar-refractivity contribution in [2.75, 3.05) is 6.61 Å². The standard InChI is InChI=1S/C17H12F4O5/c1-2-25-16(24)10-7-12(18)14(13(22)8-10)15(23)9-3-5-11(6-4-9)26-17(19,20)21/h3-8,22H,2H2,1H3. The second-order valence-corrected chi connectivity index (χ2v) is 4.97. The third kappa shape index (κ3) is 4.50. The molecule has 26 heavy (non-hydrogen) atoms. The number of benzene rings is 2. The summed E-state index contributed by atoms with van der Waals surface area (Å²) in [6, 6.07) is 5.33. The summed E-state index contributed by atoms with van der Waals surface area (Å²) < 4.78 is 58.9. The largest absolute Gasteiger partial charge is 0.573 e. The lowest BCUT2D eigenvalue weighted by atomic mass is 10.00. The maximum atomic E-state index is 14.2. The highest BCUT2D eigenvalue weighted by atomic mass is 19.4. The fourth-order valence-corrected chi connectivity index (χ4v) is 2.10. The van der Waals surface area contributed by atoms with E-state index in [4.69, 9.17) is 0 Å². The summed E-state index contributed by atoms with van der Waals surface area (Å²) in [6.07, 6.45) is -4.89. The molecule has 138 valence electrons. The van der Waals surface area contributed by atoms with Gasteiger partial charge in [0, 0.05) is 5.56 Å². The summed E-state index contributed by atoms with van der Waals surface area (Å²) in [4.78, 5) is 23.9. The number of rotatable bonds is 5. The molecule has 2 aromatic rings. The van der Waals surface area contributed by atoms with Crippen molar-refractivity contribution >= 4 is 11.8 Å². The molecule has 0 amide bonds. The molecule has 0 aliphatic rings. The Kier molecular flexibility index (Phi) is 5.49. The van der Waals surface area contributed by atoms with Crippen molar-refractivity contribution in [3.63, 3.8) is 0 Å². The summed E-state index contributed by atoms with van der Waals surface area (Å²) in [6.45, 7) is 1.58. The van der Waals surface area contributed by atoms with E-state index < -0.39 is 41.0 Å². The van der Waals surface area contributed by atoms with Gasteiger partial charge in [-0.1, -0.05) is 0 Å². The van der Waals surface area contributed by atoms with Crippen molar-refractivity contribution in [2.24, 2.45) is 0 Å². The number of aromatic hydroxyl groups is 1. The van der Waals surface area contributed by atoms with E-state index in [0.29, 0.717) is 0 Å². The van der Waals surface area contributed by atoms with E-state index in [1.807, 2.05) is 0 Å². The SMILES string of the molecule is CCOC(=O)c1cc(O)c(C(=O)c2ccc(OC(F)(F)F)cc2)c(F)c1. The van der Waals surface area contributed by atoms with Crippen molar-refractivity contribution in [1.29, 1.82) is 0 Å². The average Bonchev–Trinajstić information content (AvgIpc) is 2.53. The third-order valence-corrected chi connectivity index (χ3v) is 3.16. The minimum atomic E-state index is -4.89. The molecule has 0 aliphatic heterocycles. The van der Waals surface area contributed by atoms with Gasteiger partial charge in [-0.15, -0.1) is 13.2 Å². The van der Waals surface area contributed by atoms with Gasteiger partial charge < -0.3 is 14.6 Å². The molecule has 0 unspecified atom stereocenters. The van der Waals surface area contributed by atoms with Crippen LogP contribution in [0.3, 0.4) is 0 Å². The predicted molar refractivity (Wildman–Crippen MR) is 80.6 cm³/mol. The fourth-order valence-electron chi connectivity index (χ4n) is 2.10. The normalized spacial score (nSPS) is 11.1. The molecule has 0 atom stereocenters. The molecule has 0 saturated heterocycles. The number of carbonyl (C=O) groups excluding carboxylic acids is 2. The summed E-state index contributed by atoms with van der Waals surface area (Å²) in [5.74, 6) is -4.39. The monoisotopic (exact) mass is 372 g/mol. The van der Waals surface area contributed by atoms with Crippen LogP contribution in [0.25, 0.3) is 0 Å². The zero-order valence-corrected chi connectivity index (χ0v) is 13.3. The Hall–Kier alpha value is -3.10. The Bertz CT molecular complexity index is 805. The van der Waals surface area contributed by atoms with Crippen LogP contribution in [0.4, 0.5) is 17.6 Å². The van der Waals surface area contributed by atoms with Crippen LogP contribution in [0.1, 0.15) is 33.2 Å². The first-order valence-electron chi connectivity index (χ1n) is 7.22. The second kappa shape index (κ2) is 7.42. The number of phenols is 1.